The molecular formula is C14H26N2S. The molecule has 2 aliphatic rings. The standard InChI is InChI=1S/C14H26N2S/c1-10(2)13-9-17-14(16-13)15-8-12-7-5-4-6-11(12)3/h10-13H,4-9H2,1-3H3,(H,15,16). The number of amidine groups is 1. The zero-order valence-electron chi connectivity index (χ0n) is 11.4. The first kappa shape index (κ1) is 13.3. The average molecular weight is 254 g/mol. The fraction of sp³-hybridized carbons (Fsp3) is 0.929. The van der Waals surface area contributed by atoms with Crippen molar-refractivity contribution in [2.24, 2.45) is 22.7 Å². The van der Waals surface area contributed by atoms with Crippen LogP contribution in [0.5, 0.6) is 0 Å². The number of thioether (sulfide) groups is 1. The van der Waals surface area contributed by atoms with E-state index in [-0.39, 0.29) is 0 Å². The topological polar surface area (TPSA) is 24.4 Å². The fourth-order valence-corrected chi connectivity index (χ4v) is 3.93. The molecule has 0 bridgehead atoms. The van der Waals surface area contributed by atoms with Crippen LogP contribution in [0.1, 0.15) is 46.5 Å². The van der Waals surface area contributed by atoms with Crippen molar-refractivity contribution in [3.05, 3.63) is 0 Å². The zero-order chi connectivity index (χ0) is 12.3. The highest BCUT2D eigenvalue weighted by Crippen LogP contribution is 2.30. The van der Waals surface area contributed by atoms with Gasteiger partial charge in [0.15, 0.2) is 5.17 Å². The van der Waals surface area contributed by atoms with E-state index in [9.17, 15) is 0 Å². The highest BCUT2D eigenvalue weighted by molar-refractivity contribution is 8.14. The Morgan fingerprint density at radius 2 is 2.12 bits per heavy atom. The molecule has 1 heterocycles. The molecule has 0 radical (unpaired) electrons. The predicted octanol–water partition coefficient (Wildman–Crippen LogP) is 3.53. The van der Waals surface area contributed by atoms with Gasteiger partial charge in [-0.1, -0.05) is 51.8 Å². The normalized spacial score (nSPS) is 36.5. The Kier molecular flexibility index (Phi) is 4.78. The molecule has 98 valence electrons. The van der Waals surface area contributed by atoms with Crippen LogP contribution in [-0.4, -0.2) is 23.5 Å². The maximum Gasteiger partial charge on any atom is 0.156 e. The van der Waals surface area contributed by atoms with Crippen LogP contribution in [0.3, 0.4) is 0 Å². The van der Waals surface area contributed by atoms with Crippen molar-refractivity contribution in [2.75, 3.05) is 12.3 Å². The van der Waals surface area contributed by atoms with Crippen LogP contribution in [0.25, 0.3) is 0 Å². The Morgan fingerprint density at radius 3 is 2.76 bits per heavy atom. The maximum absolute atomic E-state index is 4.80. The molecule has 2 nitrogen and oxygen atoms in total. The van der Waals surface area contributed by atoms with Crippen molar-refractivity contribution in [2.45, 2.75) is 52.5 Å². The highest BCUT2D eigenvalue weighted by atomic mass is 32.2. The van der Waals surface area contributed by atoms with E-state index < -0.39 is 0 Å². The maximum atomic E-state index is 4.80. The molecule has 1 aliphatic heterocycles. The van der Waals surface area contributed by atoms with Gasteiger partial charge in [0.1, 0.15) is 0 Å². The molecule has 17 heavy (non-hydrogen) atoms. The van der Waals surface area contributed by atoms with E-state index in [2.05, 4.69) is 26.1 Å². The van der Waals surface area contributed by atoms with Gasteiger partial charge in [-0.3, -0.25) is 4.99 Å². The van der Waals surface area contributed by atoms with Gasteiger partial charge in [0.25, 0.3) is 0 Å². The van der Waals surface area contributed by atoms with Crippen molar-refractivity contribution in [3.8, 4) is 0 Å². The monoisotopic (exact) mass is 254 g/mol. The minimum atomic E-state index is 0.627. The third kappa shape index (κ3) is 3.64. The zero-order valence-corrected chi connectivity index (χ0v) is 12.2. The molecular weight excluding hydrogens is 228 g/mol. The molecule has 3 atom stereocenters. The lowest BCUT2D eigenvalue weighted by Gasteiger charge is -2.27. The van der Waals surface area contributed by atoms with Gasteiger partial charge in [-0.25, -0.2) is 0 Å². The predicted molar refractivity (Wildman–Crippen MR) is 77.6 cm³/mol. The van der Waals surface area contributed by atoms with Crippen LogP contribution >= 0.6 is 11.8 Å². The van der Waals surface area contributed by atoms with Gasteiger partial charge in [-0.2, -0.15) is 0 Å². The Morgan fingerprint density at radius 1 is 1.35 bits per heavy atom. The summed E-state index contributed by atoms with van der Waals surface area (Å²) < 4.78 is 0. The van der Waals surface area contributed by atoms with Crippen molar-refractivity contribution in [1.82, 2.24) is 5.32 Å². The first-order valence-corrected chi connectivity index (χ1v) is 8.09. The van der Waals surface area contributed by atoms with Gasteiger partial charge in [0.2, 0.25) is 0 Å². The lowest BCUT2D eigenvalue weighted by Crippen LogP contribution is -2.32. The van der Waals surface area contributed by atoms with Crippen molar-refractivity contribution < 1.29 is 0 Å². The summed E-state index contributed by atoms with van der Waals surface area (Å²) >= 11 is 1.91. The third-order valence-corrected chi connectivity index (χ3v) is 5.32. The summed E-state index contributed by atoms with van der Waals surface area (Å²) in [4.78, 5) is 4.80. The van der Waals surface area contributed by atoms with Crippen LogP contribution in [0.15, 0.2) is 4.99 Å². The van der Waals surface area contributed by atoms with Crippen molar-refractivity contribution in [3.63, 3.8) is 0 Å². The smallest absolute Gasteiger partial charge is 0.156 e. The van der Waals surface area contributed by atoms with E-state index in [1.165, 1.54) is 36.6 Å². The number of aliphatic imine (C=N–C) groups is 1. The van der Waals surface area contributed by atoms with Crippen molar-refractivity contribution in [1.29, 1.82) is 0 Å². The largest absolute Gasteiger partial charge is 0.361 e. The summed E-state index contributed by atoms with van der Waals surface area (Å²) in [7, 11) is 0. The van der Waals surface area contributed by atoms with Gasteiger partial charge in [-0.05, 0) is 24.2 Å². The van der Waals surface area contributed by atoms with E-state index in [1.54, 1.807) is 0 Å². The second-order valence-electron chi connectivity index (χ2n) is 5.97. The van der Waals surface area contributed by atoms with Crippen LogP contribution < -0.4 is 5.32 Å². The molecule has 1 saturated heterocycles. The van der Waals surface area contributed by atoms with Crippen LogP contribution in [0, 0.1) is 17.8 Å². The van der Waals surface area contributed by atoms with Gasteiger partial charge in [-0.15, -0.1) is 0 Å². The number of nitrogens with zero attached hydrogens (tertiary/aromatic N) is 1. The van der Waals surface area contributed by atoms with Crippen LogP contribution in [0.4, 0.5) is 0 Å². The first-order chi connectivity index (χ1) is 8.16. The molecule has 3 heteroatoms. The molecule has 0 aromatic heterocycles. The van der Waals surface area contributed by atoms with Crippen LogP contribution in [-0.2, 0) is 0 Å². The number of nitrogens with one attached hydrogen (secondary N) is 1. The molecule has 0 spiro atoms. The van der Waals surface area contributed by atoms with Gasteiger partial charge < -0.3 is 5.32 Å². The van der Waals surface area contributed by atoms with Crippen LogP contribution in [0.2, 0.25) is 0 Å². The lowest BCUT2D eigenvalue weighted by atomic mass is 9.80. The summed E-state index contributed by atoms with van der Waals surface area (Å²) in [5.41, 5.74) is 0. The van der Waals surface area contributed by atoms with E-state index in [0.717, 1.165) is 18.4 Å². The van der Waals surface area contributed by atoms with E-state index >= 15 is 0 Å². The lowest BCUT2D eigenvalue weighted by molar-refractivity contribution is 0.264. The summed E-state index contributed by atoms with van der Waals surface area (Å²) in [5.74, 6) is 3.61. The summed E-state index contributed by atoms with van der Waals surface area (Å²) in [5, 5.41) is 4.75. The van der Waals surface area contributed by atoms with Crippen molar-refractivity contribution >= 4 is 16.9 Å². The molecule has 2 fully saturated rings. The Labute approximate surface area is 110 Å². The second kappa shape index (κ2) is 6.12. The molecule has 1 saturated carbocycles. The van der Waals surface area contributed by atoms with Gasteiger partial charge in [0.05, 0.1) is 0 Å². The third-order valence-electron chi connectivity index (χ3n) is 4.27. The summed E-state index contributed by atoms with van der Waals surface area (Å²) in [6.07, 6.45) is 5.63. The number of hydrogen-bond donors (Lipinski definition) is 1. The van der Waals surface area contributed by atoms with Gasteiger partial charge in [0, 0.05) is 18.3 Å². The molecule has 3 unspecified atom stereocenters. The minimum Gasteiger partial charge on any atom is -0.361 e. The highest BCUT2D eigenvalue weighted by Gasteiger charge is 2.24. The number of hydrogen-bond acceptors (Lipinski definition) is 2. The molecule has 0 aromatic rings. The molecule has 2 rings (SSSR count). The minimum absolute atomic E-state index is 0.627. The SMILES string of the molecule is CC(C)C1CSC(=NCC2CCCCC2C)N1. The Hall–Kier alpha value is -0.180. The Balaban J connectivity index is 1.80. The van der Waals surface area contributed by atoms with E-state index in [1.807, 2.05) is 11.8 Å². The summed E-state index contributed by atoms with van der Waals surface area (Å²) in [6, 6.07) is 0.627. The average Bonchev–Trinajstić information content (AvgIpc) is 2.77. The summed E-state index contributed by atoms with van der Waals surface area (Å²) in [6.45, 7) is 8.01. The quantitative estimate of drug-likeness (QED) is 0.833. The molecule has 0 amide bonds. The van der Waals surface area contributed by atoms with E-state index in [4.69, 9.17) is 4.99 Å². The fourth-order valence-electron chi connectivity index (χ4n) is 2.73. The number of rotatable bonds is 3. The van der Waals surface area contributed by atoms with E-state index in [0.29, 0.717) is 12.0 Å². The van der Waals surface area contributed by atoms with Gasteiger partial charge >= 0.3 is 0 Å². The molecule has 0 aromatic carbocycles. The first-order valence-electron chi connectivity index (χ1n) is 7.10. The second-order valence-corrected chi connectivity index (χ2v) is 6.98. The molecule has 1 aliphatic carbocycles. The Bertz CT molecular complexity index is 275. The molecule has 1 N–H and O–H groups in total.